The predicted molar refractivity (Wildman–Crippen MR) is 65.8 cm³/mol. The van der Waals surface area contributed by atoms with Crippen molar-refractivity contribution >= 4 is 11.9 Å². The molecule has 0 bridgehead atoms. The van der Waals surface area contributed by atoms with E-state index in [1.807, 2.05) is 20.8 Å². The first-order valence-electron chi connectivity index (χ1n) is 5.88. The summed E-state index contributed by atoms with van der Waals surface area (Å²) in [7, 11) is 0. The molecule has 1 heterocycles. The van der Waals surface area contributed by atoms with E-state index in [1.165, 1.54) is 11.0 Å². The molecule has 4 nitrogen and oxygen atoms in total. The monoisotopic (exact) mass is 239 g/mol. The van der Waals surface area contributed by atoms with E-state index in [9.17, 15) is 9.59 Å². The second-order valence-electron chi connectivity index (χ2n) is 5.58. The smallest absolute Gasteiger partial charge is 0.411 e. The molecule has 0 unspecified atom stereocenters. The Bertz CT molecular complexity index is 343. The summed E-state index contributed by atoms with van der Waals surface area (Å²) in [5.74, 6) is -0.124. The Hall–Kier alpha value is -1.32. The highest BCUT2D eigenvalue weighted by Gasteiger charge is 2.45. The van der Waals surface area contributed by atoms with Crippen LogP contribution in [0.1, 0.15) is 40.5 Å². The van der Waals surface area contributed by atoms with Gasteiger partial charge in [-0.05, 0) is 46.6 Å². The third-order valence-electron chi connectivity index (χ3n) is 2.97. The Morgan fingerprint density at radius 2 is 2.00 bits per heavy atom. The highest BCUT2D eigenvalue weighted by Crippen LogP contribution is 2.31. The highest BCUT2D eigenvalue weighted by molar-refractivity contribution is 5.99. The van der Waals surface area contributed by atoms with Crippen molar-refractivity contribution in [3.63, 3.8) is 0 Å². The van der Waals surface area contributed by atoms with Gasteiger partial charge in [-0.25, -0.2) is 4.79 Å². The molecule has 0 radical (unpaired) electrons. The van der Waals surface area contributed by atoms with Gasteiger partial charge in [-0.3, -0.25) is 9.69 Å². The molecule has 1 saturated heterocycles. The van der Waals surface area contributed by atoms with Crippen LogP contribution in [-0.4, -0.2) is 34.5 Å². The zero-order valence-corrected chi connectivity index (χ0v) is 11.1. The van der Waals surface area contributed by atoms with Gasteiger partial charge >= 0.3 is 6.09 Å². The Labute approximate surface area is 103 Å². The Morgan fingerprint density at radius 3 is 2.47 bits per heavy atom. The summed E-state index contributed by atoms with van der Waals surface area (Å²) in [5, 5.41) is 0. The summed E-state index contributed by atoms with van der Waals surface area (Å²) in [5.41, 5.74) is -1.33. The number of carbonyl (C=O) groups is 2. The van der Waals surface area contributed by atoms with Crippen LogP contribution in [0, 0.1) is 0 Å². The molecule has 1 aliphatic heterocycles. The maximum Gasteiger partial charge on any atom is 0.411 e. The van der Waals surface area contributed by atoms with Crippen LogP contribution in [0.4, 0.5) is 4.79 Å². The molecule has 1 atom stereocenters. The lowest BCUT2D eigenvalue weighted by atomic mass is 9.93. The minimum Gasteiger partial charge on any atom is -0.444 e. The molecular formula is C13H21NO3. The molecule has 0 aliphatic carbocycles. The quantitative estimate of drug-likeness (QED) is 0.696. The summed E-state index contributed by atoms with van der Waals surface area (Å²) in [4.78, 5) is 25.4. The van der Waals surface area contributed by atoms with E-state index in [-0.39, 0.29) is 5.78 Å². The topological polar surface area (TPSA) is 46.6 Å². The van der Waals surface area contributed by atoms with Gasteiger partial charge in [0.25, 0.3) is 0 Å². The molecule has 0 saturated carbocycles. The average Bonchev–Trinajstić information content (AvgIpc) is 2.58. The highest BCUT2D eigenvalue weighted by atomic mass is 16.6. The van der Waals surface area contributed by atoms with Gasteiger partial charge in [0.05, 0.1) is 0 Å². The molecular weight excluding hydrogens is 218 g/mol. The molecule has 0 aromatic carbocycles. The minimum absolute atomic E-state index is 0.124. The van der Waals surface area contributed by atoms with Crippen LogP contribution in [0.3, 0.4) is 0 Å². The summed E-state index contributed by atoms with van der Waals surface area (Å²) < 4.78 is 5.31. The van der Waals surface area contributed by atoms with Gasteiger partial charge < -0.3 is 4.74 Å². The second kappa shape index (κ2) is 4.51. The lowest BCUT2D eigenvalue weighted by Crippen LogP contribution is -2.51. The molecule has 1 amide bonds. The number of ketones is 1. The van der Waals surface area contributed by atoms with Crippen molar-refractivity contribution in [2.45, 2.75) is 51.7 Å². The van der Waals surface area contributed by atoms with E-state index < -0.39 is 17.2 Å². The summed E-state index contributed by atoms with van der Waals surface area (Å²) in [6, 6.07) is 0. The van der Waals surface area contributed by atoms with E-state index in [0.717, 1.165) is 6.42 Å². The van der Waals surface area contributed by atoms with E-state index in [0.29, 0.717) is 13.0 Å². The number of hydrogen-bond donors (Lipinski definition) is 0. The fourth-order valence-corrected chi connectivity index (χ4v) is 2.05. The van der Waals surface area contributed by atoms with E-state index >= 15 is 0 Å². The van der Waals surface area contributed by atoms with Gasteiger partial charge in [0.15, 0.2) is 5.78 Å². The van der Waals surface area contributed by atoms with Crippen LogP contribution in [0.25, 0.3) is 0 Å². The number of amides is 1. The van der Waals surface area contributed by atoms with Crippen LogP contribution in [0.5, 0.6) is 0 Å². The fraction of sp³-hybridized carbons (Fsp3) is 0.692. The third kappa shape index (κ3) is 2.87. The number of likely N-dealkylation sites (tertiary alicyclic amines) is 1. The van der Waals surface area contributed by atoms with Crippen molar-refractivity contribution in [2.24, 2.45) is 0 Å². The van der Waals surface area contributed by atoms with Crippen molar-refractivity contribution in [1.82, 2.24) is 4.90 Å². The molecule has 1 rings (SSSR count). The Balaban J connectivity index is 2.86. The van der Waals surface area contributed by atoms with E-state index in [1.54, 1.807) is 6.92 Å². The van der Waals surface area contributed by atoms with Crippen LogP contribution in [-0.2, 0) is 9.53 Å². The first kappa shape index (κ1) is 13.7. The lowest BCUT2D eigenvalue weighted by molar-refractivity contribution is -0.123. The van der Waals surface area contributed by atoms with Crippen molar-refractivity contribution in [2.75, 3.05) is 6.54 Å². The van der Waals surface area contributed by atoms with Crippen molar-refractivity contribution < 1.29 is 14.3 Å². The van der Waals surface area contributed by atoms with Gasteiger partial charge in [0, 0.05) is 6.54 Å². The summed E-state index contributed by atoms with van der Waals surface area (Å²) in [6.45, 7) is 11.3. The maximum atomic E-state index is 12.0. The minimum atomic E-state index is -0.788. The molecule has 0 aromatic heterocycles. The van der Waals surface area contributed by atoms with E-state index in [4.69, 9.17) is 4.74 Å². The molecule has 1 aliphatic rings. The Morgan fingerprint density at radius 1 is 1.41 bits per heavy atom. The molecule has 4 heteroatoms. The van der Waals surface area contributed by atoms with Crippen LogP contribution in [0.2, 0.25) is 0 Å². The van der Waals surface area contributed by atoms with Gasteiger partial charge in [0.2, 0.25) is 0 Å². The second-order valence-corrected chi connectivity index (χ2v) is 5.58. The van der Waals surface area contributed by atoms with Crippen LogP contribution in [0.15, 0.2) is 12.7 Å². The number of nitrogens with zero attached hydrogens (tertiary/aromatic N) is 1. The average molecular weight is 239 g/mol. The molecule has 0 N–H and O–H groups in total. The maximum absolute atomic E-state index is 12.0. The van der Waals surface area contributed by atoms with Gasteiger partial charge in [-0.1, -0.05) is 6.58 Å². The predicted octanol–water partition coefficient (Wildman–Crippen LogP) is 2.53. The molecule has 96 valence electrons. The van der Waals surface area contributed by atoms with Crippen molar-refractivity contribution in [3.8, 4) is 0 Å². The molecule has 0 spiro atoms. The molecule has 1 fully saturated rings. The number of rotatable bonds is 2. The summed E-state index contributed by atoms with van der Waals surface area (Å²) >= 11 is 0. The van der Waals surface area contributed by atoms with Crippen molar-refractivity contribution in [3.05, 3.63) is 12.7 Å². The molecule has 17 heavy (non-hydrogen) atoms. The standard InChI is InChI=1S/C13H21NO3/c1-6-10(15)13(5)8-7-9-14(13)11(16)17-12(2,3)4/h6H,1,7-9H2,2-5H3/t13-/m1/s1. The largest absolute Gasteiger partial charge is 0.444 e. The first-order chi connectivity index (χ1) is 7.70. The third-order valence-corrected chi connectivity index (χ3v) is 2.97. The Kier molecular flexibility index (Phi) is 3.65. The van der Waals surface area contributed by atoms with Crippen molar-refractivity contribution in [1.29, 1.82) is 0 Å². The van der Waals surface area contributed by atoms with Gasteiger partial charge in [-0.15, -0.1) is 0 Å². The zero-order chi connectivity index (χ0) is 13.3. The zero-order valence-electron chi connectivity index (χ0n) is 11.1. The van der Waals surface area contributed by atoms with Gasteiger partial charge in [0.1, 0.15) is 11.1 Å². The van der Waals surface area contributed by atoms with Crippen LogP contribution >= 0.6 is 0 Å². The van der Waals surface area contributed by atoms with Gasteiger partial charge in [-0.2, -0.15) is 0 Å². The SMILES string of the molecule is C=CC(=O)[C@@]1(C)CCCN1C(=O)OC(C)(C)C. The first-order valence-corrected chi connectivity index (χ1v) is 5.88. The number of carbonyl (C=O) groups excluding carboxylic acids is 2. The van der Waals surface area contributed by atoms with E-state index in [2.05, 4.69) is 6.58 Å². The molecule has 0 aromatic rings. The number of hydrogen-bond acceptors (Lipinski definition) is 3. The number of ether oxygens (including phenoxy) is 1. The summed E-state index contributed by atoms with van der Waals surface area (Å²) in [6.07, 6.45) is 2.34. The van der Waals surface area contributed by atoms with Crippen LogP contribution < -0.4 is 0 Å². The normalized spacial score (nSPS) is 24.6. The fourth-order valence-electron chi connectivity index (χ4n) is 2.05. The lowest BCUT2D eigenvalue weighted by Gasteiger charge is -2.34.